The highest BCUT2D eigenvalue weighted by Gasteiger charge is 2.24. The Morgan fingerprint density at radius 3 is 2.42 bits per heavy atom. The van der Waals surface area contributed by atoms with E-state index in [0.29, 0.717) is 59.2 Å². The first-order chi connectivity index (χ1) is 21.3. The molecule has 13 heteroatoms. The number of unbranched alkanes of at least 4 members (excludes halogenated alkanes) is 1. The summed E-state index contributed by atoms with van der Waals surface area (Å²) in [6.45, 7) is -0.244. The Labute approximate surface area is 260 Å². The first-order valence-corrected chi connectivity index (χ1v) is 16.0. The molecule has 0 fully saturated rings. The van der Waals surface area contributed by atoms with Gasteiger partial charge in [0.2, 0.25) is 5.36 Å². The second kappa shape index (κ2) is 14.4. The highest BCUT2D eigenvalue weighted by Crippen LogP contribution is 2.42. The van der Waals surface area contributed by atoms with Crippen molar-refractivity contribution in [3.8, 4) is 22.5 Å². The summed E-state index contributed by atoms with van der Waals surface area (Å²) in [5.74, 6) is -1.38. The van der Waals surface area contributed by atoms with Gasteiger partial charge in [0.15, 0.2) is 0 Å². The van der Waals surface area contributed by atoms with Crippen molar-refractivity contribution >= 4 is 36.4 Å². The number of carboxylic acid groups (broad SMARTS) is 1. The van der Waals surface area contributed by atoms with Gasteiger partial charge in [0.25, 0.3) is 5.91 Å². The Bertz CT molecular complexity index is 1790. The average molecular weight is 641 g/mol. The summed E-state index contributed by atoms with van der Waals surface area (Å²) < 4.78 is 23.7. The van der Waals surface area contributed by atoms with Crippen LogP contribution in [0.5, 0.6) is 0 Å². The minimum absolute atomic E-state index is 0.0429. The van der Waals surface area contributed by atoms with E-state index in [1.54, 1.807) is 6.07 Å². The van der Waals surface area contributed by atoms with Gasteiger partial charge >= 0.3 is 13.8 Å². The number of anilines is 1. The van der Waals surface area contributed by atoms with Crippen LogP contribution in [0.4, 0.5) is 5.69 Å². The molecule has 0 saturated heterocycles. The number of benzene rings is 3. The van der Waals surface area contributed by atoms with Gasteiger partial charge in [-0.25, -0.2) is 13.9 Å². The molecule has 1 atom stereocenters. The lowest BCUT2D eigenvalue weighted by Crippen LogP contribution is -2.25. The minimum Gasteiger partial charge on any atom is -0.478 e. The maximum Gasteiger partial charge on any atom is 0.469 e. The third kappa shape index (κ3) is 8.36. The number of aromatic carboxylic acids is 1. The SMILES string of the molecule is CN(C)c1ccc2c(-c3cc(C(=O)NCCCCC(CO)COP(=O)(O)O)ccc3C(=O)O)c3ccc(=[N+](C)C)cc-3oc2c1. The molecule has 1 amide bonds. The fourth-order valence-corrected chi connectivity index (χ4v) is 5.49. The molecule has 0 radical (unpaired) electrons. The van der Waals surface area contributed by atoms with E-state index in [1.807, 2.05) is 74.1 Å². The molecule has 4 rings (SSSR count). The number of hydrogen-bond donors (Lipinski definition) is 5. The lowest BCUT2D eigenvalue weighted by Gasteiger charge is -2.19. The normalized spacial score (nSPS) is 12.3. The maximum absolute atomic E-state index is 13.2. The zero-order valence-corrected chi connectivity index (χ0v) is 26.6. The first kappa shape index (κ1) is 33.8. The zero-order chi connectivity index (χ0) is 32.9. The lowest BCUT2D eigenvalue weighted by molar-refractivity contribution is 0.0697. The molecular formula is C32H39N3O9P+. The van der Waals surface area contributed by atoms with Gasteiger partial charge < -0.3 is 34.6 Å². The summed E-state index contributed by atoms with van der Waals surface area (Å²) in [6, 6.07) is 16.0. The molecule has 5 N–H and O–H groups in total. The number of hydrogen-bond acceptors (Lipinski definition) is 7. The Morgan fingerprint density at radius 2 is 1.78 bits per heavy atom. The number of aliphatic hydroxyl groups excluding tert-OH is 1. The van der Waals surface area contributed by atoms with E-state index in [-0.39, 0.29) is 30.2 Å². The number of carboxylic acids is 1. The topological polar surface area (TPSA) is 173 Å². The number of nitrogens with one attached hydrogen (secondary N) is 1. The number of phosphoric ester groups is 1. The molecule has 0 bridgehead atoms. The van der Waals surface area contributed by atoms with Crippen molar-refractivity contribution in [2.24, 2.45) is 5.92 Å². The van der Waals surface area contributed by atoms with Crippen LogP contribution in [0.25, 0.3) is 33.4 Å². The van der Waals surface area contributed by atoms with Crippen LogP contribution in [0.15, 0.2) is 59.0 Å². The van der Waals surface area contributed by atoms with Crippen LogP contribution in [0.1, 0.15) is 40.0 Å². The Kier molecular flexibility index (Phi) is 10.8. The van der Waals surface area contributed by atoms with Crippen LogP contribution in [0.3, 0.4) is 0 Å². The van der Waals surface area contributed by atoms with Crippen molar-refractivity contribution in [3.05, 3.63) is 71.1 Å². The summed E-state index contributed by atoms with van der Waals surface area (Å²) >= 11 is 0. The zero-order valence-electron chi connectivity index (χ0n) is 25.7. The highest BCUT2D eigenvalue weighted by molar-refractivity contribution is 7.46. The molecule has 1 unspecified atom stereocenters. The number of phosphoric acid groups is 1. The molecule has 0 saturated carbocycles. The standard InChI is InChI=1S/C32H38N3O9P/c1-34(2)22-9-12-25-28(16-22)44-29-17-23(35(3)4)10-13-26(29)30(25)27-15-21(8-11-24(27)32(38)39)31(37)33-14-6-5-7-20(18-36)19-43-45(40,41)42/h8-13,15-17,20,36H,5-7,14,18-19H2,1-4H3,(H3-,33,37,38,39,40,41,42)/p+1. The van der Waals surface area contributed by atoms with Gasteiger partial charge in [0, 0.05) is 73.1 Å². The van der Waals surface area contributed by atoms with Crippen LogP contribution in [0, 0.1) is 5.92 Å². The third-order valence-corrected chi connectivity index (χ3v) is 8.05. The van der Waals surface area contributed by atoms with Crippen LogP contribution in [0.2, 0.25) is 0 Å². The molecule has 12 nitrogen and oxygen atoms in total. The van der Waals surface area contributed by atoms with Crippen LogP contribution in [-0.4, -0.2) is 79.8 Å². The number of carbonyl (C=O) groups is 2. The quantitative estimate of drug-likeness (QED) is 0.0629. The number of nitrogens with zero attached hydrogens (tertiary/aromatic N) is 2. The van der Waals surface area contributed by atoms with Crippen LogP contribution in [-0.2, 0) is 9.09 Å². The van der Waals surface area contributed by atoms with E-state index in [2.05, 4.69) is 9.84 Å². The molecule has 0 spiro atoms. The van der Waals surface area contributed by atoms with Gasteiger partial charge in [0.05, 0.1) is 18.2 Å². The molecule has 240 valence electrons. The second-order valence-corrected chi connectivity index (χ2v) is 12.5. The van der Waals surface area contributed by atoms with Crippen molar-refractivity contribution in [2.75, 3.05) is 52.8 Å². The summed E-state index contributed by atoms with van der Waals surface area (Å²) in [7, 11) is 3.07. The largest absolute Gasteiger partial charge is 0.478 e. The number of amides is 1. The van der Waals surface area contributed by atoms with Crippen molar-refractivity contribution in [1.29, 1.82) is 0 Å². The molecule has 0 aromatic heterocycles. The van der Waals surface area contributed by atoms with E-state index in [9.17, 15) is 24.4 Å². The van der Waals surface area contributed by atoms with Gasteiger partial charge in [-0.1, -0.05) is 6.42 Å². The van der Waals surface area contributed by atoms with Crippen molar-refractivity contribution in [3.63, 3.8) is 0 Å². The van der Waals surface area contributed by atoms with Crippen LogP contribution >= 0.6 is 7.82 Å². The second-order valence-electron chi connectivity index (χ2n) is 11.3. The van der Waals surface area contributed by atoms with Gasteiger partial charge in [-0.2, -0.15) is 0 Å². The molecule has 1 heterocycles. The van der Waals surface area contributed by atoms with E-state index in [1.165, 1.54) is 12.1 Å². The Morgan fingerprint density at radius 1 is 1.02 bits per heavy atom. The van der Waals surface area contributed by atoms with Gasteiger partial charge in [-0.15, -0.1) is 0 Å². The first-order valence-electron chi connectivity index (χ1n) is 14.4. The smallest absolute Gasteiger partial charge is 0.469 e. The predicted molar refractivity (Wildman–Crippen MR) is 171 cm³/mol. The Hall–Kier alpha value is -4.06. The fourth-order valence-electron chi connectivity index (χ4n) is 5.08. The number of carbonyl (C=O) groups excluding carboxylic acids is 1. The molecule has 2 aromatic rings. The third-order valence-electron chi connectivity index (χ3n) is 7.56. The predicted octanol–water partition coefficient (Wildman–Crippen LogP) is 3.62. The van der Waals surface area contributed by atoms with Gasteiger partial charge in [-0.05, 0) is 54.8 Å². The van der Waals surface area contributed by atoms with Crippen molar-refractivity contribution in [1.82, 2.24) is 9.89 Å². The number of rotatable bonds is 13. The fraction of sp³-hybridized carbons (Fsp3) is 0.344. The van der Waals surface area contributed by atoms with E-state index in [4.69, 9.17) is 14.2 Å². The maximum atomic E-state index is 13.2. The van der Waals surface area contributed by atoms with E-state index in [0.717, 1.165) is 11.0 Å². The average Bonchev–Trinajstić information content (AvgIpc) is 2.99. The lowest BCUT2D eigenvalue weighted by atomic mass is 9.89. The molecule has 2 aliphatic rings. The number of fused-ring (bicyclic) bond motifs is 2. The van der Waals surface area contributed by atoms with E-state index < -0.39 is 19.7 Å². The number of aliphatic hydroxyl groups is 1. The summed E-state index contributed by atoms with van der Waals surface area (Å²) in [5.41, 5.74) is 3.53. The molecule has 2 aromatic carbocycles. The van der Waals surface area contributed by atoms with Gasteiger partial charge in [0.1, 0.15) is 25.4 Å². The monoisotopic (exact) mass is 640 g/mol. The van der Waals surface area contributed by atoms with Crippen molar-refractivity contribution < 1.29 is 43.1 Å². The summed E-state index contributed by atoms with van der Waals surface area (Å²) in [4.78, 5) is 45.3. The molecule has 45 heavy (non-hydrogen) atoms. The van der Waals surface area contributed by atoms with E-state index >= 15 is 0 Å². The van der Waals surface area contributed by atoms with Crippen molar-refractivity contribution in [2.45, 2.75) is 19.3 Å². The molecule has 1 aliphatic carbocycles. The Balaban J connectivity index is 1.67. The summed E-state index contributed by atoms with van der Waals surface area (Å²) in [5, 5.41) is 24.1. The molecular weight excluding hydrogens is 601 g/mol. The molecule has 1 aliphatic heterocycles. The van der Waals surface area contributed by atoms with Gasteiger partial charge in [-0.3, -0.25) is 9.32 Å². The minimum atomic E-state index is -4.62. The summed E-state index contributed by atoms with van der Waals surface area (Å²) in [6.07, 6.45) is 1.58. The van der Waals surface area contributed by atoms with Crippen LogP contribution < -0.4 is 20.1 Å². The highest BCUT2D eigenvalue weighted by atomic mass is 31.2.